The number of nitrogens with zero attached hydrogens (tertiary/aromatic N) is 2. The predicted molar refractivity (Wildman–Crippen MR) is 108 cm³/mol. The maximum absolute atomic E-state index is 12.5. The fraction of sp³-hybridized carbons (Fsp3) is 0.421. The van der Waals surface area contributed by atoms with E-state index in [4.69, 9.17) is 14.2 Å². The third-order valence-electron chi connectivity index (χ3n) is 4.49. The largest absolute Gasteiger partial charge is 0.486 e. The quantitative estimate of drug-likeness (QED) is 0.769. The summed E-state index contributed by atoms with van der Waals surface area (Å²) in [6, 6.07) is 5.38. The number of carbonyl (C=O) groups is 2. The van der Waals surface area contributed by atoms with E-state index in [2.05, 4.69) is 20.5 Å². The van der Waals surface area contributed by atoms with Crippen molar-refractivity contribution in [1.29, 1.82) is 0 Å². The van der Waals surface area contributed by atoms with E-state index in [-0.39, 0.29) is 12.5 Å². The Balaban J connectivity index is 1.32. The van der Waals surface area contributed by atoms with Crippen molar-refractivity contribution in [3.05, 3.63) is 28.8 Å². The molecule has 3 heterocycles. The molecule has 2 amide bonds. The topological polar surface area (TPSA) is 102 Å². The molecule has 9 nitrogen and oxygen atoms in total. The molecule has 0 unspecified atom stereocenters. The lowest BCUT2D eigenvalue weighted by Gasteiger charge is -2.25. The van der Waals surface area contributed by atoms with Crippen molar-refractivity contribution in [3.8, 4) is 11.5 Å². The molecule has 1 aromatic carbocycles. The number of thiazole rings is 1. The summed E-state index contributed by atoms with van der Waals surface area (Å²) in [7, 11) is 0. The average molecular weight is 418 g/mol. The van der Waals surface area contributed by atoms with Gasteiger partial charge in [0.1, 0.15) is 13.2 Å². The van der Waals surface area contributed by atoms with Gasteiger partial charge in [-0.1, -0.05) is 11.3 Å². The number of aromatic nitrogens is 1. The Morgan fingerprint density at radius 1 is 1.24 bits per heavy atom. The van der Waals surface area contributed by atoms with Crippen LogP contribution in [0, 0.1) is 0 Å². The lowest BCUT2D eigenvalue weighted by molar-refractivity contribution is -0.117. The van der Waals surface area contributed by atoms with E-state index in [1.807, 2.05) is 0 Å². The summed E-state index contributed by atoms with van der Waals surface area (Å²) in [5.41, 5.74) is 1.64. The Labute approximate surface area is 172 Å². The van der Waals surface area contributed by atoms with Gasteiger partial charge < -0.3 is 19.5 Å². The number of nitrogens with one attached hydrogen (secondary N) is 2. The molecule has 0 radical (unpaired) electrons. The SMILES string of the molecule is CCOC(=O)Nc1nc2c(s1)CN(CC(=O)Nc1ccc3c(c1)OCCO3)CC2. The van der Waals surface area contributed by atoms with Gasteiger partial charge in [-0.2, -0.15) is 0 Å². The van der Waals surface area contributed by atoms with Crippen molar-refractivity contribution in [2.75, 3.05) is 43.5 Å². The van der Waals surface area contributed by atoms with Gasteiger partial charge in [0.2, 0.25) is 5.91 Å². The van der Waals surface area contributed by atoms with Crippen molar-refractivity contribution in [2.24, 2.45) is 0 Å². The first-order chi connectivity index (χ1) is 14.1. The van der Waals surface area contributed by atoms with Crippen LogP contribution in [0.25, 0.3) is 0 Å². The summed E-state index contributed by atoms with van der Waals surface area (Å²) in [4.78, 5) is 31.6. The van der Waals surface area contributed by atoms with Gasteiger partial charge >= 0.3 is 6.09 Å². The molecule has 10 heteroatoms. The Hall–Kier alpha value is -2.85. The third kappa shape index (κ3) is 4.77. The van der Waals surface area contributed by atoms with Crippen LogP contribution in [0.5, 0.6) is 11.5 Å². The van der Waals surface area contributed by atoms with Crippen molar-refractivity contribution in [3.63, 3.8) is 0 Å². The minimum atomic E-state index is -0.505. The highest BCUT2D eigenvalue weighted by Gasteiger charge is 2.23. The Morgan fingerprint density at radius 3 is 2.90 bits per heavy atom. The molecule has 0 spiro atoms. The van der Waals surface area contributed by atoms with Crippen molar-refractivity contribution in [1.82, 2.24) is 9.88 Å². The summed E-state index contributed by atoms with van der Waals surface area (Å²) in [6.07, 6.45) is 0.224. The zero-order valence-electron chi connectivity index (χ0n) is 16.0. The number of rotatable bonds is 5. The minimum absolute atomic E-state index is 0.0977. The molecule has 0 aliphatic carbocycles. The smallest absolute Gasteiger partial charge is 0.413 e. The second-order valence-electron chi connectivity index (χ2n) is 6.60. The minimum Gasteiger partial charge on any atom is -0.486 e. The van der Waals surface area contributed by atoms with Crippen LogP contribution in [0.15, 0.2) is 18.2 Å². The Morgan fingerprint density at radius 2 is 2.07 bits per heavy atom. The number of benzene rings is 1. The van der Waals surface area contributed by atoms with Crippen LogP contribution in [0.4, 0.5) is 15.6 Å². The van der Waals surface area contributed by atoms with Crippen LogP contribution in [-0.2, 0) is 22.5 Å². The van der Waals surface area contributed by atoms with Crippen molar-refractivity contribution < 1.29 is 23.8 Å². The zero-order valence-corrected chi connectivity index (χ0v) is 16.8. The molecule has 2 N–H and O–H groups in total. The zero-order chi connectivity index (χ0) is 20.2. The number of hydrogen-bond acceptors (Lipinski definition) is 8. The fourth-order valence-corrected chi connectivity index (χ4v) is 4.25. The van der Waals surface area contributed by atoms with Gasteiger partial charge in [-0.3, -0.25) is 15.0 Å². The normalized spacial score (nSPS) is 15.3. The predicted octanol–water partition coefficient (Wildman–Crippen LogP) is 2.48. The first-order valence-corrected chi connectivity index (χ1v) is 10.3. The van der Waals surface area contributed by atoms with Gasteiger partial charge in [-0.15, -0.1) is 0 Å². The summed E-state index contributed by atoms with van der Waals surface area (Å²) in [5, 5.41) is 6.07. The molecule has 0 saturated heterocycles. The molecule has 29 heavy (non-hydrogen) atoms. The van der Waals surface area contributed by atoms with Crippen molar-refractivity contribution >= 4 is 34.2 Å². The molecule has 1 aromatic heterocycles. The highest BCUT2D eigenvalue weighted by Crippen LogP contribution is 2.32. The lowest BCUT2D eigenvalue weighted by atomic mass is 10.2. The Bertz CT molecular complexity index is 916. The highest BCUT2D eigenvalue weighted by molar-refractivity contribution is 7.15. The Kier molecular flexibility index (Phi) is 5.81. The summed E-state index contributed by atoms with van der Waals surface area (Å²) in [5.74, 6) is 1.23. The van der Waals surface area contributed by atoms with Crippen LogP contribution in [0.1, 0.15) is 17.5 Å². The van der Waals surface area contributed by atoms with Gasteiger partial charge in [-0.25, -0.2) is 9.78 Å². The first-order valence-electron chi connectivity index (χ1n) is 9.45. The number of ether oxygens (including phenoxy) is 3. The van der Waals surface area contributed by atoms with E-state index >= 15 is 0 Å². The average Bonchev–Trinajstić information content (AvgIpc) is 3.09. The van der Waals surface area contributed by atoms with E-state index in [1.165, 1.54) is 11.3 Å². The molecule has 2 aromatic rings. The maximum Gasteiger partial charge on any atom is 0.413 e. The van der Waals surface area contributed by atoms with Crippen molar-refractivity contribution in [2.45, 2.75) is 19.9 Å². The van der Waals surface area contributed by atoms with Gasteiger partial charge in [0, 0.05) is 36.1 Å². The number of anilines is 2. The summed E-state index contributed by atoms with van der Waals surface area (Å²) < 4.78 is 15.9. The van der Waals surface area contributed by atoms with Gasteiger partial charge in [0.05, 0.1) is 18.8 Å². The van der Waals surface area contributed by atoms with Gasteiger partial charge in [0.25, 0.3) is 0 Å². The van der Waals surface area contributed by atoms with Crippen LogP contribution < -0.4 is 20.1 Å². The first kappa shape index (κ1) is 19.5. The van der Waals surface area contributed by atoms with Crippen LogP contribution in [-0.4, -0.2) is 54.8 Å². The van der Waals surface area contributed by atoms with Crippen LogP contribution >= 0.6 is 11.3 Å². The molecule has 0 saturated carbocycles. The summed E-state index contributed by atoms with van der Waals surface area (Å²) >= 11 is 1.41. The molecular formula is C19H22N4O5S. The van der Waals surface area contributed by atoms with Crippen LogP contribution in [0.2, 0.25) is 0 Å². The van der Waals surface area contributed by atoms with Crippen LogP contribution in [0.3, 0.4) is 0 Å². The monoisotopic (exact) mass is 418 g/mol. The number of hydrogen-bond donors (Lipinski definition) is 2. The number of fused-ring (bicyclic) bond motifs is 2. The van der Waals surface area contributed by atoms with E-state index in [1.54, 1.807) is 25.1 Å². The van der Waals surface area contributed by atoms with Gasteiger partial charge in [-0.05, 0) is 19.1 Å². The molecule has 2 aliphatic heterocycles. The molecule has 0 atom stereocenters. The molecule has 0 fully saturated rings. The molecule has 2 aliphatic rings. The standard InChI is InChI=1S/C19H22N4O5S/c1-2-26-19(25)22-18-21-13-5-6-23(10-16(13)29-18)11-17(24)20-12-3-4-14-15(9-12)28-8-7-27-14/h3-4,9H,2,5-8,10-11H2,1H3,(H,20,24)(H,21,22,25). The number of amides is 2. The molecule has 4 rings (SSSR count). The second-order valence-corrected chi connectivity index (χ2v) is 7.69. The van der Waals surface area contributed by atoms with E-state index in [0.717, 1.165) is 23.5 Å². The highest BCUT2D eigenvalue weighted by atomic mass is 32.1. The third-order valence-corrected chi connectivity index (χ3v) is 5.49. The van der Waals surface area contributed by atoms with E-state index in [9.17, 15) is 9.59 Å². The van der Waals surface area contributed by atoms with Gasteiger partial charge in [0.15, 0.2) is 16.6 Å². The molecular weight excluding hydrogens is 396 g/mol. The summed E-state index contributed by atoms with van der Waals surface area (Å²) in [6.45, 7) is 4.71. The molecule has 0 bridgehead atoms. The second kappa shape index (κ2) is 8.66. The maximum atomic E-state index is 12.5. The van der Waals surface area contributed by atoms with E-state index < -0.39 is 6.09 Å². The number of carbonyl (C=O) groups excluding carboxylic acids is 2. The molecule has 154 valence electrons. The van der Waals surface area contributed by atoms with E-state index in [0.29, 0.717) is 48.7 Å². The fourth-order valence-electron chi connectivity index (χ4n) is 3.22. The lowest BCUT2D eigenvalue weighted by Crippen LogP contribution is -2.36.